The fourth-order valence-corrected chi connectivity index (χ4v) is 3.15. The average molecular weight is 435 g/mol. The van der Waals surface area contributed by atoms with Crippen LogP contribution in [0.2, 0.25) is 0 Å². The van der Waals surface area contributed by atoms with E-state index in [0.717, 1.165) is 0 Å². The monoisotopic (exact) mass is 434 g/mol. The molecule has 2 aromatic rings. The van der Waals surface area contributed by atoms with Crippen LogP contribution in [0.1, 0.15) is 34.6 Å². The number of carbonyl (C=O) groups excluding carboxylic acids is 2. The second-order valence-electron chi connectivity index (χ2n) is 5.70. The Hall–Kier alpha value is -2.54. The summed E-state index contributed by atoms with van der Waals surface area (Å²) in [6.45, 7) is 5.19. The number of carbonyl (C=O) groups is 2. The highest BCUT2D eigenvalue weighted by atomic mass is 79.9. The number of ether oxygens (including phenoxy) is 2. The summed E-state index contributed by atoms with van der Waals surface area (Å²) < 4.78 is 11.2. The van der Waals surface area contributed by atoms with Gasteiger partial charge in [0.25, 0.3) is 11.8 Å². The van der Waals surface area contributed by atoms with Gasteiger partial charge in [-0.2, -0.15) is 0 Å². The van der Waals surface area contributed by atoms with Crippen molar-refractivity contribution in [1.29, 1.82) is 0 Å². The van der Waals surface area contributed by atoms with Crippen LogP contribution in [0.3, 0.4) is 0 Å². The number of nitrogens with zero attached hydrogens (tertiary/aromatic N) is 1. The lowest BCUT2D eigenvalue weighted by molar-refractivity contribution is 0.0773. The first kappa shape index (κ1) is 20.8. The molecule has 0 radical (unpaired) electrons. The smallest absolute Gasteiger partial charge is 0.255 e. The quantitative estimate of drug-likeness (QED) is 0.708. The minimum Gasteiger partial charge on any atom is -0.495 e. The van der Waals surface area contributed by atoms with E-state index in [4.69, 9.17) is 9.47 Å². The summed E-state index contributed by atoms with van der Waals surface area (Å²) in [5.41, 5.74) is 1.58. The van der Waals surface area contributed by atoms with Crippen molar-refractivity contribution in [2.75, 3.05) is 32.6 Å². The van der Waals surface area contributed by atoms with E-state index in [0.29, 0.717) is 45.9 Å². The van der Waals surface area contributed by atoms with Crippen LogP contribution >= 0.6 is 15.9 Å². The molecular formula is C20H23BrN2O4. The largest absolute Gasteiger partial charge is 0.495 e. The van der Waals surface area contributed by atoms with Crippen LogP contribution in [-0.2, 0) is 0 Å². The van der Waals surface area contributed by atoms with Crippen LogP contribution in [0.25, 0.3) is 0 Å². The number of hydrogen-bond donors (Lipinski definition) is 1. The van der Waals surface area contributed by atoms with Crippen LogP contribution in [0.15, 0.2) is 40.9 Å². The molecule has 144 valence electrons. The molecule has 0 aromatic heterocycles. The SMILES string of the molecule is CCN(CC)C(=O)c1ccc(NC(=O)c2cc(OC)c(Br)c(OC)c2)cc1. The summed E-state index contributed by atoms with van der Waals surface area (Å²) in [5.74, 6) is 0.668. The van der Waals surface area contributed by atoms with Gasteiger partial charge in [0.05, 0.1) is 14.2 Å². The number of halogens is 1. The van der Waals surface area contributed by atoms with Gasteiger partial charge in [0.1, 0.15) is 16.0 Å². The summed E-state index contributed by atoms with van der Waals surface area (Å²) in [5, 5.41) is 2.81. The van der Waals surface area contributed by atoms with Crippen molar-refractivity contribution >= 4 is 33.4 Å². The van der Waals surface area contributed by atoms with Gasteiger partial charge in [0.15, 0.2) is 0 Å². The van der Waals surface area contributed by atoms with Gasteiger partial charge in [0, 0.05) is 29.9 Å². The fraction of sp³-hybridized carbons (Fsp3) is 0.300. The lowest BCUT2D eigenvalue weighted by Gasteiger charge is -2.18. The van der Waals surface area contributed by atoms with Gasteiger partial charge < -0.3 is 19.7 Å². The predicted molar refractivity (Wildman–Crippen MR) is 109 cm³/mol. The van der Waals surface area contributed by atoms with E-state index in [1.165, 1.54) is 14.2 Å². The molecule has 0 fully saturated rings. The molecule has 0 aliphatic carbocycles. The molecule has 0 unspecified atom stereocenters. The van der Waals surface area contributed by atoms with Gasteiger partial charge in [-0.15, -0.1) is 0 Å². The van der Waals surface area contributed by atoms with Crippen LogP contribution in [0, 0.1) is 0 Å². The molecule has 0 bridgehead atoms. The molecule has 6 nitrogen and oxygen atoms in total. The molecule has 2 aromatic carbocycles. The van der Waals surface area contributed by atoms with Gasteiger partial charge in [0.2, 0.25) is 0 Å². The number of amides is 2. The molecule has 1 N–H and O–H groups in total. The lowest BCUT2D eigenvalue weighted by atomic mass is 10.1. The predicted octanol–water partition coefficient (Wildman–Crippen LogP) is 4.20. The van der Waals surface area contributed by atoms with Crippen molar-refractivity contribution in [3.05, 3.63) is 52.0 Å². The Morgan fingerprint density at radius 2 is 1.48 bits per heavy atom. The molecular weight excluding hydrogens is 412 g/mol. The fourth-order valence-electron chi connectivity index (χ4n) is 2.59. The molecule has 2 rings (SSSR count). The van der Waals surface area contributed by atoms with E-state index in [2.05, 4.69) is 21.2 Å². The van der Waals surface area contributed by atoms with Crippen molar-refractivity contribution in [2.45, 2.75) is 13.8 Å². The second-order valence-corrected chi connectivity index (χ2v) is 6.50. The molecule has 0 saturated carbocycles. The molecule has 0 saturated heterocycles. The Morgan fingerprint density at radius 3 is 1.93 bits per heavy atom. The molecule has 0 atom stereocenters. The maximum atomic E-state index is 12.6. The van der Waals surface area contributed by atoms with Gasteiger partial charge in [-0.1, -0.05) is 0 Å². The lowest BCUT2D eigenvalue weighted by Crippen LogP contribution is -2.30. The van der Waals surface area contributed by atoms with E-state index < -0.39 is 0 Å². The highest BCUT2D eigenvalue weighted by Crippen LogP contribution is 2.35. The van der Waals surface area contributed by atoms with Crippen LogP contribution in [-0.4, -0.2) is 44.0 Å². The normalized spacial score (nSPS) is 10.3. The van der Waals surface area contributed by atoms with E-state index in [1.807, 2.05) is 13.8 Å². The number of nitrogens with one attached hydrogen (secondary N) is 1. The summed E-state index contributed by atoms with van der Waals surface area (Å²) in [7, 11) is 3.04. The van der Waals surface area contributed by atoms with Gasteiger partial charge >= 0.3 is 0 Å². The second kappa shape index (κ2) is 9.41. The number of benzene rings is 2. The standard InChI is InChI=1S/C20H23BrN2O4/c1-5-23(6-2)20(25)13-7-9-15(10-8-13)22-19(24)14-11-16(26-3)18(21)17(12-14)27-4/h7-12H,5-6H2,1-4H3,(H,22,24). The summed E-state index contributed by atoms with van der Waals surface area (Å²) in [4.78, 5) is 26.7. The Morgan fingerprint density at radius 1 is 0.963 bits per heavy atom. The Balaban J connectivity index is 2.18. The minimum absolute atomic E-state index is 0.0275. The maximum Gasteiger partial charge on any atom is 0.255 e. The van der Waals surface area contributed by atoms with E-state index >= 15 is 0 Å². The van der Waals surface area contributed by atoms with Gasteiger partial charge in [-0.05, 0) is 66.2 Å². The summed E-state index contributed by atoms with van der Waals surface area (Å²) >= 11 is 3.38. The first-order chi connectivity index (χ1) is 12.9. The highest BCUT2D eigenvalue weighted by Gasteiger charge is 2.16. The molecule has 0 heterocycles. The van der Waals surface area contributed by atoms with Crippen molar-refractivity contribution in [2.24, 2.45) is 0 Å². The van der Waals surface area contributed by atoms with Crippen LogP contribution < -0.4 is 14.8 Å². The Bertz CT molecular complexity index is 792. The average Bonchev–Trinajstić information content (AvgIpc) is 2.69. The van der Waals surface area contributed by atoms with Crippen molar-refractivity contribution in [1.82, 2.24) is 4.90 Å². The molecule has 0 aliphatic heterocycles. The topological polar surface area (TPSA) is 67.9 Å². The van der Waals surface area contributed by atoms with E-state index in [9.17, 15) is 9.59 Å². The van der Waals surface area contributed by atoms with E-state index in [-0.39, 0.29) is 11.8 Å². The molecule has 7 heteroatoms. The third kappa shape index (κ3) is 4.80. The summed E-state index contributed by atoms with van der Waals surface area (Å²) in [6.07, 6.45) is 0. The van der Waals surface area contributed by atoms with Gasteiger partial charge in [-0.3, -0.25) is 9.59 Å². The third-order valence-corrected chi connectivity index (χ3v) is 4.93. The minimum atomic E-state index is -0.304. The van der Waals surface area contributed by atoms with Crippen LogP contribution in [0.5, 0.6) is 11.5 Å². The Kier molecular flexibility index (Phi) is 7.24. The zero-order valence-corrected chi connectivity index (χ0v) is 17.4. The van der Waals surface area contributed by atoms with E-state index in [1.54, 1.807) is 41.3 Å². The number of rotatable bonds is 7. The zero-order valence-electron chi connectivity index (χ0n) is 15.8. The molecule has 0 aliphatic rings. The first-order valence-electron chi connectivity index (χ1n) is 8.57. The Labute approximate surface area is 167 Å². The third-order valence-electron chi connectivity index (χ3n) is 4.15. The summed E-state index contributed by atoms with van der Waals surface area (Å²) in [6, 6.07) is 10.1. The van der Waals surface area contributed by atoms with Crippen molar-refractivity contribution in [3.63, 3.8) is 0 Å². The van der Waals surface area contributed by atoms with Crippen molar-refractivity contribution < 1.29 is 19.1 Å². The van der Waals surface area contributed by atoms with Crippen LogP contribution in [0.4, 0.5) is 5.69 Å². The molecule has 27 heavy (non-hydrogen) atoms. The first-order valence-corrected chi connectivity index (χ1v) is 9.36. The molecule has 2 amide bonds. The number of hydrogen-bond acceptors (Lipinski definition) is 4. The highest BCUT2D eigenvalue weighted by molar-refractivity contribution is 9.10. The number of methoxy groups -OCH3 is 2. The van der Waals surface area contributed by atoms with Crippen molar-refractivity contribution in [3.8, 4) is 11.5 Å². The van der Waals surface area contributed by atoms with Gasteiger partial charge in [-0.25, -0.2) is 0 Å². The zero-order chi connectivity index (χ0) is 20.0. The maximum absolute atomic E-state index is 12.6. The number of anilines is 1. The molecule has 0 spiro atoms.